The van der Waals surface area contributed by atoms with Crippen LogP contribution in [0.5, 0.6) is 5.75 Å². The molecule has 0 spiro atoms. The summed E-state index contributed by atoms with van der Waals surface area (Å²) in [4.78, 5) is 16.4. The van der Waals surface area contributed by atoms with Crippen LogP contribution in [-0.4, -0.2) is 11.0 Å². The van der Waals surface area contributed by atoms with E-state index >= 15 is 0 Å². The van der Waals surface area contributed by atoms with Gasteiger partial charge in [-0.05, 0) is 18.6 Å². The van der Waals surface area contributed by atoms with Crippen molar-refractivity contribution in [1.29, 1.82) is 0 Å². The molecular weight excluding hydrogens is 346 g/mol. The van der Waals surface area contributed by atoms with Crippen molar-refractivity contribution in [2.75, 3.05) is 0 Å². The molecule has 0 atom stereocenters. The first-order chi connectivity index (χ1) is 13.8. The number of para-hydroxylation sites is 1. The van der Waals surface area contributed by atoms with Gasteiger partial charge in [-0.1, -0.05) is 102 Å². The molecule has 0 unspecified atom stereocenters. The average molecular weight is 384 g/mol. The summed E-state index contributed by atoms with van der Waals surface area (Å²) in [7, 11) is 0. The monoisotopic (exact) mass is 383 g/mol. The Balaban J connectivity index is 1.47. The molecule has 0 N–H and O–H groups in total. The van der Waals surface area contributed by atoms with Crippen LogP contribution in [0.1, 0.15) is 96.8 Å². The van der Waals surface area contributed by atoms with Gasteiger partial charge in [-0.15, -0.1) is 0 Å². The number of hydrogen-bond donors (Lipinski definition) is 0. The Morgan fingerprint density at radius 2 is 1.36 bits per heavy atom. The lowest BCUT2D eigenvalue weighted by atomic mass is 10.0. The van der Waals surface area contributed by atoms with Crippen molar-refractivity contribution >= 4 is 16.9 Å². The summed E-state index contributed by atoms with van der Waals surface area (Å²) in [6.07, 6.45) is 19.2. The quantitative estimate of drug-likeness (QED) is 0.180. The van der Waals surface area contributed by atoms with E-state index in [1.54, 1.807) is 6.20 Å². The Kier molecular flexibility index (Phi) is 11.3. The number of hydrogen-bond acceptors (Lipinski definition) is 3. The zero-order chi connectivity index (χ0) is 19.9. The fraction of sp³-hybridized carbons (Fsp3) is 0.600. The van der Waals surface area contributed by atoms with Crippen LogP contribution in [-0.2, 0) is 4.79 Å². The highest BCUT2D eigenvalue weighted by Crippen LogP contribution is 2.23. The number of carbonyl (C=O) groups excluding carboxylic acids is 1. The molecule has 1 aromatic carbocycles. The van der Waals surface area contributed by atoms with E-state index < -0.39 is 0 Å². The second kappa shape index (κ2) is 14.1. The lowest BCUT2D eigenvalue weighted by Crippen LogP contribution is -2.08. The summed E-state index contributed by atoms with van der Waals surface area (Å²) in [5.41, 5.74) is 0.753. The summed E-state index contributed by atoms with van der Waals surface area (Å²) in [5, 5.41) is 0.994. The van der Waals surface area contributed by atoms with E-state index in [9.17, 15) is 4.79 Å². The van der Waals surface area contributed by atoms with Gasteiger partial charge in [0, 0.05) is 18.0 Å². The predicted molar refractivity (Wildman–Crippen MR) is 118 cm³/mol. The number of benzene rings is 1. The largest absolute Gasteiger partial charge is 0.424 e. The lowest BCUT2D eigenvalue weighted by Gasteiger charge is -2.07. The van der Waals surface area contributed by atoms with Crippen molar-refractivity contribution < 1.29 is 9.53 Å². The van der Waals surface area contributed by atoms with Gasteiger partial charge in [-0.3, -0.25) is 9.78 Å². The minimum Gasteiger partial charge on any atom is -0.424 e. The van der Waals surface area contributed by atoms with E-state index in [-0.39, 0.29) is 5.97 Å². The van der Waals surface area contributed by atoms with Gasteiger partial charge in [0.15, 0.2) is 5.75 Å². The summed E-state index contributed by atoms with van der Waals surface area (Å²) >= 11 is 0. The maximum absolute atomic E-state index is 12.1. The van der Waals surface area contributed by atoms with Crippen molar-refractivity contribution in [3.63, 3.8) is 0 Å². The summed E-state index contributed by atoms with van der Waals surface area (Å²) < 4.78 is 5.53. The molecule has 0 radical (unpaired) electrons. The predicted octanol–water partition coefficient (Wildman–Crippen LogP) is 7.62. The maximum atomic E-state index is 12.1. The number of ether oxygens (including phenoxy) is 1. The number of fused-ring (bicyclic) bond motifs is 1. The van der Waals surface area contributed by atoms with Crippen molar-refractivity contribution in [3.8, 4) is 5.75 Å². The number of unbranched alkanes of at least 4 members (excludes halogenated alkanes) is 12. The van der Waals surface area contributed by atoms with Crippen LogP contribution in [0.2, 0.25) is 0 Å². The van der Waals surface area contributed by atoms with Crippen LogP contribution in [0.25, 0.3) is 10.9 Å². The van der Waals surface area contributed by atoms with Gasteiger partial charge in [0.2, 0.25) is 0 Å². The molecule has 0 aliphatic rings. The van der Waals surface area contributed by atoms with E-state index in [0.717, 1.165) is 23.7 Å². The molecule has 0 amide bonds. The molecule has 0 aliphatic heterocycles. The third kappa shape index (κ3) is 8.86. The van der Waals surface area contributed by atoms with Gasteiger partial charge in [-0.25, -0.2) is 0 Å². The van der Waals surface area contributed by atoms with Crippen LogP contribution >= 0.6 is 0 Å². The third-order valence-electron chi connectivity index (χ3n) is 5.30. The molecule has 2 rings (SSSR count). The SMILES string of the molecule is CCCCCCCCCCCCCCCC(=O)Oc1cccc2cccnc12. The van der Waals surface area contributed by atoms with Gasteiger partial charge < -0.3 is 4.74 Å². The maximum Gasteiger partial charge on any atom is 0.311 e. The summed E-state index contributed by atoms with van der Waals surface area (Å²) in [6.45, 7) is 2.27. The number of rotatable bonds is 15. The first-order valence-electron chi connectivity index (χ1n) is 11.4. The zero-order valence-corrected chi connectivity index (χ0v) is 17.6. The summed E-state index contributed by atoms with van der Waals surface area (Å²) in [6, 6.07) is 9.56. The van der Waals surface area contributed by atoms with E-state index in [0.29, 0.717) is 12.2 Å². The molecule has 1 heterocycles. The third-order valence-corrected chi connectivity index (χ3v) is 5.30. The van der Waals surface area contributed by atoms with Crippen molar-refractivity contribution in [1.82, 2.24) is 4.98 Å². The van der Waals surface area contributed by atoms with Crippen molar-refractivity contribution in [3.05, 3.63) is 36.5 Å². The fourth-order valence-corrected chi connectivity index (χ4v) is 3.62. The second-order valence-electron chi connectivity index (χ2n) is 7.80. The summed E-state index contributed by atoms with van der Waals surface area (Å²) in [5.74, 6) is 0.416. The van der Waals surface area contributed by atoms with Gasteiger partial charge in [0.1, 0.15) is 5.52 Å². The van der Waals surface area contributed by atoms with Gasteiger partial charge in [0.25, 0.3) is 0 Å². The minimum atomic E-state index is -0.152. The van der Waals surface area contributed by atoms with Crippen molar-refractivity contribution in [2.24, 2.45) is 0 Å². The number of aromatic nitrogens is 1. The highest BCUT2D eigenvalue weighted by molar-refractivity contribution is 5.86. The average Bonchev–Trinajstić information content (AvgIpc) is 2.72. The zero-order valence-electron chi connectivity index (χ0n) is 17.6. The van der Waals surface area contributed by atoms with Crippen LogP contribution in [0, 0.1) is 0 Å². The highest BCUT2D eigenvalue weighted by Gasteiger charge is 2.08. The van der Waals surface area contributed by atoms with Gasteiger partial charge >= 0.3 is 5.97 Å². The molecule has 28 heavy (non-hydrogen) atoms. The fourth-order valence-electron chi connectivity index (χ4n) is 3.62. The minimum absolute atomic E-state index is 0.152. The molecule has 154 valence electrons. The smallest absolute Gasteiger partial charge is 0.311 e. The number of esters is 1. The molecule has 1 aromatic heterocycles. The Hall–Kier alpha value is -1.90. The Labute approximate surface area is 170 Å². The molecule has 0 saturated heterocycles. The normalized spacial score (nSPS) is 11.0. The number of carbonyl (C=O) groups is 1. The van der Waals surface area contributed by atoms with Crippen molar-refractivity contribution in [2.45, 2.75) is 96.8 Å². The van der Waals surface area contributed by atoms with Gasteiger partial charge in [-0.2, -0.15) is 0 Å². The van der Waals surface area contributed by atoms with E-state index in [1.165, 1.54) is 70.6 Å². The molecule has 3 nitrogen and oxygen atoms in total. The molecular formula is C25H37NO2. The molecule has 2 aromatic rings. The first kappa shape index (κ1) is 22.4. The first-order valence-corrected chi connectivity index (χ1v) is 11.4. The molecule has 0 aliphatic carbocycles. The molecule has 0 saturated carbocycles. The van der Waals surface area contributed by atoms with E-state index in [1.807, 2.05) is 30.3 Å². The van der Waals surface area contributed by atoms with E-state index in [2.05, 4.69) is 11.9 Å². The lowest BCUT2D eigenvalue weighted by molar-refractivity contribution is -0.134. The number of nitrogens with zero attached hydrogens (tertiary/aromatic N) is 1. The van der Waals surface area contributed by atoms with E-state index in [4.69, 9.17) is 4.74 Å². The Morgan fingerprint density at radius 1 is 0.786 bits per heavy atom. The van der Waals surface area contributed by atoms with Crippen LogP contribution in [0.15, 0.2) is 36.5 Å². The highest BCUT2D eigenvalue weighted by atomic mass is 16.5. The standard InChI is InChI=1S/C25H37NO2/c1-2-3-4-5-6-7-8-9-10-11-12-13-14-20-24(27)28-23-19-15-17-22-18-16-21-26-25(22)23/h15-19,21H,2-14,20H2,1H3. The van der Waals surface area contributed by atoms with Crippen LogP contribution < -0.4 is 4.74 Å². The molecule has 3 heteroatoms. The second-order valence-corrected chi connectivity index (χ2v) is 7.80. The van der Waals surface area contributed by atoms with Crippen LogP contribution in [0.4, 0.5) is 0 Å². The molecule has 0 bridgehead atoms. The van der Waals surface area contributed by atoms with Crippen LogP contribution in [0.3, 0.4) is 0 Å². The topological polar surface area (TPSA) is 39.2 Å². The Morgan fingerprint density at radius 3 is 2.00 bits per heavy atom. The van der Waals surface area contributed by atoms with Gasteiger partial charge in [0.05, 0.1) is 0 Å². The molecule has 0 fully saturated rings. The Bertz CT molecular complexity index is 678. The number of pyridine rings is 1.